The molecule has 2 aromatic carbocycles. The van der Waals surface area contributed by atoms with Crippen molar-refractivity contribution in [2.75, 3.05) is 6.61 Å². The molecule has 0 saturated heterocycles. The number of halogens is 1. The summed E-state index contributed by atoms with van der Waals surface area (Å²) in [7, 11) is 0. The van der Waals surface area contributed by atoms with Crippen molar-refractivity contribution in [3.63, 3.8) is 0 Å². The average Bonchev–Trinajstić information content (AvgIpc) is 2.58. The van der Waals surface area contributed by atoms with E-state index in [1.54, 1.807) is 54.6 Å². The zero-order valence-electron chi connectivity index (χ0n) is 12.2. The van der Waals surface area contributed by atoms with Gasteiger partial charge in [-0.1, -0.05) is 40.7 Å². The quantitative estimate of drug-likeness (QED) is 0.624. The second-order valence-corrected chi connectivity index (χ2v) is 5.43. The highest BCUT2D eigenvalue weighted by Crippen LogP contribution is 2.17. The highest BCUT2D eigenvalue weighted by atomic mass is 79.9. The number of hydrazine groups is 1. The third-order valence-electron chi connectivity index (χ3n) is 2.88. The second kappa shape index (κ2) is 8.14. The van der Waals surface area contributed by atoms with Crippen LogP contribution in [0.5, 0.6) is 5.75 Å². The number of carbonyl (C=O) groups excluding carboxylic acids is 2. The van der Waals surface area contributed by atoms with Gasteiger partial charge in [0.25, 0.3) is 11.8 Å². The predicted molar refractivity (Wildman–Crippen MR) is 91.2 cm³/mol. The van der Waals surface area contributed by atoms with Crippen molar-refractivity contribution >= 4 is 27.7 Å². The Morgan fingerprint density at radius 3 is 2.39 bits per heavy atom. The van der Waals surface area contributed by atoms with E-state index >= 15 is 0 Å². The molecule has 0 aromatic heterocycles. The van der Waals surface area contributed by atoms with Gasteiger partial charge in [0.15, 0.2) is 0 Å². The minimum atomic E-state index is -0.463. The van der Waals surface area contributed by atoms with Crippen molar-refractivity contribution < 1.29 is 14.3 Å². The SMILES string of the molecule is C=CCOc1ccccc1C(=O)NNC(=O)c1ccc(Br)cc1. The Bertz CT molecular complexity index is 714. The maximum Gasteiger partial charge on any atom is 0.273 e. The first-order valence-electron chi connectivity index (χ1n) is 6.81. The molecular weight excluding hydrogens is 360 g/mol. The molecule has 118 valence electrons. The van der Waals surface area contributed by atoms with Crippen LogP contribution in [0.4, 0.5) is 0 Å². The van der Waals surface area contributed by atoms with Gasteiger partial charge in [-0.3, -0.25) is 20.4 Å². The second-order valence-electron chi connectivity index (χ2n) is 4.51. The van der Waals surface area contributed by atoms with Gasteiger partial charge in [0, 0.05) is 10.0 Å². The number of amides is 2. The van der Waals surface area contributed by atoms with Gasteiger partial charge in [-0.2, -0.15) is 0 Å². The molecule has 2 amide bonds. The molecule has 0 fully saturated rings. The Balaban J connectivity index is 2.00. The number of carbonyl (C=O) groups is 2. The monoisotopic (exact) mass is 374 g/mol. The molecule has 5 nitrogen and oxygen atoms in total. The molecule has 0 saturated carbocycles. The van der Waals surface area contributed by atoms with Gasteiger partial charge in [0.05, 0.1) is 5.56 Å². The van der Waals surface area contributed by atoms with Crippen LogP contribution in [0.25, 0.3) is 0 Å². The van der Waals surface area contributed by atoms with Crippen molar-refractivity contribution in [1.82, 2.24) is 10.9 Å². The van der Waals surface area contributed by atoms with Crippen LogP contribution in [-0.2, 0) is 0 Å². The van der Waals surface area contributed by atoms with E-state index in [0.717, 1.165) is 4.47 Å². The van der Waals surface area contributed by atoms with Crippen LogP contribution in [0.1, 0.15) is 20.7 Å². The zero-order chi connectivity index (χ0) is 16.7. The Morgan fingerprint density at radius 1 is 1.04 bits per heavy atom. The van der Waals surface area contributed by atoms with Crippen molar-refractivity contribution in [3.05, 3.63) is 76.8 Å². The van der Waals surface area contributed by atoms with Crippen LogP contribution >= 0.6 is 15.9 Å². The highest BCUT2D eigenvalue weighted by molar-refractivity contribution is 9.10. The average molecular weight is 375 g/mol. The summed E-state index contributed by atoms with van der Waals surface area (Å²) < 4.78 is 6.28. The molecule has 0 unspecified atom stereocenters. The van der Waals surface area contributed by atoms with Crippen LogP contribution in [-0.4, -0.2) is 18.4 Å². The summed E-state index contributed by atoms with van der Waals surface area (Å²) in [5, 5.41) is 0. The minimum absolute atomic E-state index is 0.287. The molecule has 2 N–H and O–H groups in total. The largest absolute Gasteiger partial charge is 0.489 e. The molecule has 0 aliphatic rings. The van der Waals surface area contributed by atoms with Crippen molar-refractivity contribution in [2.24, 2.45) is 0 Å². The summed E-state index contributed by atoms with van der Waals surface area (Å²) >= 11 is 3.29. The molecule has 0 aliphatic heterocycles. The van der Waals surface area contributed by atoms with Crippen molar-refractivity contribution in [2.45, 2.75) is 0 Å². The van der Waals surface area contributed by atoms with E-state index in [2.05, 4.69) is 33.4 Å². The number of benzene rings is 2. The lowest BCUT2D eigenvalue weighted by molar-refractivity contribution is 0.0844. The Morgan fingerprint density at radius 2 is 1.70 bits per heavy atom. The summed E-state index contributed by atoms with van der Waals surface area (Å²) in [6.45, 7) is 3.85. The molecule has 0 atom stereocenters. The van der Waals surface area contributed by atoms with Crippen LogP contribution in [0.15, 0.2) is 65.7 Å². The number of nitrogens with one attached hydrogen (secondary N) is 2. The number of hydrogen-bond acceptors (Lipinski definition) is 3. The summed E-state index contributed by atoms with van der Waals surface area (Å²) in [4.78, 5) is 24.1. The van der Waals surface area contributed by atoms with Crippen molar-refractivity contribution in [3.8, 4) is 5.75 Å². The van der Waals surface area contributed by atoms with E-state index in [-0.39, 0.29) is 6.61 Å². The van der Waals surface area contributed by atoms with Gasteiger partial charge >= 0.3 is 0 Å². The third-order valence-corrected chi connectivity index (χ3v) is 3.41. The van der Waals surface area contributed by atoms with E-state index in [1.807, 2.05) is 0 Å². The minimum Gasteiger partial charge on any atom is -0.489 e. The van der Waals surface area contributed by atoms with Gasteiger partial charge in [0.1, 0.15) is 12.4 Å². The fourth-order valence-electron chi connectivity index (χ4n) is 1.78. The van der Waals surface area contributed by atoms with Gasteiger partial charge < -0.3 is 4.74 Å². The smallest absolute Gasteiger partial charge is 0.273 e. The summed E-state index contributed by atoms with van der Waals surface area (Å²) in [5.41, 5.74) is 5.50. The fraction of sp³-hybridized carbons (Fsp3) is 0.0588. The van der Waals surface area contributed by atoms with Crippen molar-refractivity contribution in [1.29, 1.82) is 0 Å². The zero-order valence-corrected chi connectivity index (χ0v) is 13.8. The topological polar surface area (TPSA) is 67.4 Å². The van der Waals surface area contributed by atoms with E-state index in [1.165, 1.54) is 0 Å². The van der Waals surface area contributed by atoms with E-state index in [0.29, 0.717) is 16.9 Å². The van der Waals surface area contributed by atoms with Crippen LogP contribution in [0.2, 0.25) is 0 Å². The maximum atomic E-state index is 12.2. The van der Waals surface area contributed by atoms with Gasteiger partial charge in [-0.05, 0) is 36.4 Å². The van der Waals surface area contributed by atoms with Gasteiger partial charge in [-0.15, -0.1) is 0 Å². The molecule has 0 aliphatic carbocycles. The number of ether oxygens (including phenoxy) is 1. The fourth-order valence-corrected chi connectivity index (χ4v) is 2.05. The predicted octanol–water partition coefficient (Wildman–Crippen LogP) is 3.09. The highest BCUT2D eigenvalue weighted by Gasteiger charge is 2.13. The molecule has 0 bridgehead atoms. The maximum absolute atomic E-state index is 12.2. The lowest BCUT2D eigenvalue weighted by atomic mass is 10.2. The van der Waals surface area contributed by atoms with Gasteiger partial charge in [-0.25, -0.2) is 0 Å². The van der Waals surface area contributed by atoms with E-state index in [4.69, 9.17) is 4.74 Å². The number of rotatable bonds is 5. The molecule has 0 heterocycles. The summed E-state index contributed by atoms with van der Waals surface area (Å²) in [5.74, 6) is -0.451. The molecule has 0 spiro atoms. The number of hydrogen-bond donors (Lipinski definition) is 2. The molecule has 0 radical (unpaired) electrons. The molecule has 23 heavy (non-hydrogen) atoms. The summed E-state index contributed by atoms with van der Waals surface area (Å²) in [6, 6.07) is 13.5. The van der Waals surface area contributed by atoms with Crippen LogP contribution in [0, 0.1) is 0 Å². The molecule has 2 aromatic rings. The first-order valence-corrected chi connectivity index (χ1v) is 7.60. The Hall–Kier alpha value is -2.60. The molecular formula is C17H15BrN2O3. The van der Waals surface area contributed by atoms with E-state index < -0.39 is 11.8 Å². The standard InChI is InChI=1S/C17H15BrN2O3/c1-2-11-23-15-6-4-3-5-14(15)17(22)20-19-16(21)12-7-9-13(18)10-8-12/h2-10H,1,11H2,(H,19,21)(H,20,22). The van der Waals surface area contributed by atoms with Crippen LogP contribution in [0.3, 0.4) is 0 Å². The number of para-hydroxylation sites is 1. The normalized spacial score (nSPS) is 9.78. The first kappa shape index (κ1) is 16.8. The van der Waals surface area contributed by atoms with Gasteiger partial charge in [0.2, 0.25) is 0 Å². The Labute approximate surface area is 142 Å². The Kier molecular flexibility index (Phi) is 5.94. The third kappa shape index (κ3) is 4.69. The first-order chi connectivity index (χ1) is 11.1. The molecule has 6 heteroatoms. The summed E-state index contributed by atoms with van der Waals surface area (Å²) in [6.07, 6.45) is 1.59. The van der Waals surface area contributed by atoms with E-state index in [9.17, 15) is 9.59 Å². The molecule has 2 rings (SSSR count). The lowest BCUT2D eigenvalue weighted by Gasteiger charge is -2.11. The van der Waals surface area contributed by atoms with Crippen LogP contribution < -0.4 is 15.6 Å². The lowest BCUT2D eigenvalue weighted by Crippen LogP contribution is -2.41.